The number of hydrogen-bond acceptors (Lipinski definition) is 6. The first-order valence-electron chi connectivity index (χ1n) is 8.78. The summed E-state index contributed by atoms with van der Waals surface area (Å²) in [7, 11) is -3.27. The monoisotopic (exact) mass is 418 g/mol. The maximum absolute atomic E-state index is 12.0. The van der Waals surface area contributed by atoms with E-state index in [0.29, 0.717) is 0 Å². The number of rotatable bonds is 6. The number of carbonyl (C=O) groups is 1. The zero-order valence-electron chi connectivity index (χ0n) is 16.2. The Balaban J connectivity index is 1.92. The lowest BCUT2D eigenvalue weighted by Gasteiger charge is -2.09. The van der Waals surface area contributed by atoms with Crippen molar-refractivity contribution in [2.75, 3.05) is 6.26 Å². The summed E-state index contributed by atoms with van der Waals surface area (Å²) in [5.41, 5.74) is 2.47. The van der Waals surface area contributed by atoms with Gasteiger partial charge >= 0.3 is 5.97 Å². The number of aromatic nitrogens is 2. The number of hydrogen-bond donors (Lipinski definition) is 0. The van der Waals surface area contributed by atoms with E-state index in [2.05, 4.69) is 5.10 Å². The molecule has 0 aliphatic carbocycles. The molecule has 6 nitrogen and oxygen atoms in total. The van der Waals surface area contributed by atoms with E-state index >= 15 is 0 Å². The van der Waals surface area contributed by atoms with Crippen LogP contribution in [0.15, 0.2) is 47.4 Å². The van der Waals surface area contributed by atoms with Gasteiger partial charge in [0.25, 0.3) is 0 Å². The molecule has 2 aromatic heterocycles. The van der Waals surface area contributed by atoms with Crippen molar-refractivity contribution in [3.8, 4) is 21.0 Å². The van der Waals surface area contributed by atoms with Gasteiger partial charge in [-0.25, -0.2) is 8.42 Å². The summed E-state index contributed by atoms with van der Waals surface area (Å²) in [5, 5.41) is 4.41. The number of carbonyl (C=O) groups excluding carboxylic acids is 1. The van der Waals surface area contributed by atoms with Crippen molar-refractivity contribution in [3.05, 3.63) is 48.2 Å². The van der Waals surface area contributed by atoms with Crippen molar-refractivity contribution < 1.29 is 17.9 Å². The summed E-state index contributed by atoms with van der Waals surface area (Å²) < 4.78 is 30.5. The van der Waals surface area contributed by atoms with Gasteiger partial charge in [-0.15, -0.1) is 11.3 Å². The van der Waals surface area contributed by atoms with Crippen LogP contribution in [0.1, 0.15) is 19.5 Å². The number of aryl methyl sites for hydroxylation is 1. The van der Waals surface area contributed by atoms with Crippen LogP contribution in [0.2, 0.25) is 0 Å². The number of thiophene rings is 1. The van der Waals surface area contributed by atoms with Crippen LogP contribution in [0.5, 0.6) is 0 Å². The number of ether oxygens (including phenoxy) is 1. The van der Waals surface area contributed by atoms with E-state index < -0.39 is 9.84 Å². The van der Waals surface area contributed by atoms with Gasteiger partial charge in [0.1, 0.15) is 6.54 Å². The highest BCUT2D eigenvalue weighted by Crippen LogP contribution is 2.35. The molecule has 8 heteroatoms. The number of benzene rings is 1. The second-order valence-corrected chi connectivity index (χ2v) is 9.93. The summed E-state index contributed by atoms with van der Waals surface area (Å²) in [6.07, 6.45) is 1.02. The number of nitrogens with zero attached hydrogens (tertiary/aromatic N) is 2. The van der Waals surface area contributed by atoms with E-state index in [-0.39, 0.29) is 23.5 Å². The molecular formula is C20H22N2O4S2. The van der Waals surface area contributed by atoms with Crippen LogP contribution in [0.25, 0.3) is 21.0 Å². The summed E-state index contributed by atoms with van der Waals surface area (Å²) in [4.78, 5) is 14.2. The zero-order chi connectivity index (χ0) is 20.5. The van der Waals surface area contributed by atoms with Crippen LogP contribution in [-0.2, 0) is 25.9 Å². The quantitative estimate of drug-likeness (QED) is 0.567. The average molecular weight is 419 g/mol. The van der Waals surface area contributed by atoms with Crippen molar-refractivity contribution >= 4 is 27.1 Å². The van der Waals surface area contributed by atoms with Gasteiger partial charge in [-0.3, -0.25) is 9.48 Å². The van der Waals surface area contributed by atoms with Crippen molar-refractivity contribution in [2.24, 2.45) is 0 Å². The van der Waals surface area contributed by atoms with Crippen LogP contribution in [0.4, 0.5) is 0 Å². The molecule has 3 rings (SSSR count). The van der Waals surface area contributed by atoms with Crippen LogP contribution >= 0.6 is 11.3 Å². The highest BCUT2D eigenvalue weighted by molar-refractivity contribution is 7.90. The lowest BCUT2D eigenvalue weighted by molar-refractivity contribution is -0.148. The zero-order valence-corrected chi connectivity index (χ0v) is 17.8. The molecule has 0 aliphatic heterocycles. The molecule has 0 saturated carbocycles. The Bertz CT molecular complexity index is 1110. The lowest BCUT2D eigenvalue weighted by Crippen LogP contribution is -2.18. The topological polar surface area (TPSA) is 78.3 Å². The maximum atomic E-state index is 12.0. The first kappa shape index (κ1) is 20.3. The molecule has 0 atom stereocenters. The minimum absolute atomic E-state index is 0.0398. The summed E-state index contributed by atoms with van der Waals surface area (Å²) >= 11 is 1.52. The number of esters is 1. The standard InChI is InChI=1S/C20H22N2O4S2/c1-13(2)26-20(23)12-22-17(10-14(3)21-22)19-9-8-18(27-19)15-6-5-7-16(11-15)28(4,24)25/h5-11,13H,12H2,1-4H3. The molecule has 1 aromatic carbocycles. The predicted octanol–water partition coefficient (Wildman–Crippen LogP) is 3.94. The molecule has 148 valence electrons. The predicted molar refractivity (Wildman–Crippen MR) is 110 cm³/mol. The van der Waals surface area contributed by atoms with Gasteiger partial charge in [0.2, 0.25) is 0 Å². The van der Waals surface area contributed by atoms with E-state index in [9.17, 15) is 13.2 Å². The summed E-state index contributed by atoms with van der Waals surface area (Å²) in [6, 6.07) is 12.7. The molecule has 0 radical (unpaired) electrons. The molecule has 2 heterocycles. The Labute approximate surface area is 168 Å². The van der Waals surface area contributed by atoms with Crippen molar-refractivity contribution in [2.45, 2.75) is 38.3 Å². The average Bonchev–Trinajstić information content (AvgIpc) is 3.20. The highest BCUT2D eigenvalue weighted by Gasteiger charge is 2.16. The Morgan fingerprint density at radius 2 is 1.89 bits per heavy atom. The van der Waals surface area contributed by atoms with Crippen LogP contribution in [0, 0.1) is 6.92 Å². The minimum atomic E-state index is -3.27. The fourth-order valence-electron chi connectivity index (χ4n) is 2.80. The van der Waals surface area contributed by atoms with E-state index in [0.717, 1.165) is 26.7 Å². The molecule has 3 aromatic rings. The van der Waals surface area contributed by atoms with Crippen LogP contribution in [0.3, 0.4) is 0 Å². The Hall–Kier alpha value is -2.45. The molecule has 0 saturated heterocycles. The Kier molecular flexibility index (Phi) is 5.71. The molecule has 0 N–H and O–H groups in total. The summed E-state index contributed by atoms with van der Waals surface area (Å²) in [6.45, 7) is 5.53. The van der Waals surface area contributed by atoms with Gasteiger partial charge < -0.3 is 4.74 Å². The number of sulfone groups is 1. The fourth-order valence-corrected chi connectivity index (χ4v) is 4.49. The second-order valence-electron chi connectivity index (χ2n) is 6.83. The minimum Gasteiger partial charge on any atom is -0.462 e. The van der Waals surface area contributed by atoms with Crippen molar-refractivity contribution in [1.82, 2.24) is 9.78 Å². The molecule has 0 fully saturated rings. The third-order valence-electron chi connectivity index (χ3n) is 3.95. The maximum Gasteiger partial charge on any atom is 0.328 e. The normalized spacial score (nSPS) is 11.8. The van der Waals surface area contributed by atoms with E-state index in [1.807, 2.05) is 45.0 Å². The second kappa shape index (κ2) is 7.89. The Morgan fingerprint density at radius 1 is 1.18 bits per heavy atom. The largest absolute Gasteiger partial charge is 0.462 e. The smallest absolute Gasteiger partial charge is 0.328 e. The van der Waals surface area contributed by atoms with Crippen LogP contribution in [-0.4, -0.2) is 36.5 Å². The molecule has 0 spiro atoms. The third kappa shape index (κ3) is 4.69. The fraction of sp³-hybridized carbons (Fsp3) is 0.300. The molecule has 0 amide bonds. The van der Waals surface area contributed by atoms with Crippen LogP contribution < -0.4 is 0 Å². The van der Waals surface area contributed by atoms with Gasteiger partial charge in [-0.2, -0.15) is 5.10 Å². The molecular weight excluding hydrogens is 396 g/mol. The van der Waals surface area contributed by atoms with Crippen molar-refractivity contribution in [1.29, 1.82) is 0 Å². The van der Waals surface area contributed by atoms with Gasteiger partial charge in [-0.1, -0.05) is 12.1 Å². The first-order valence-corrected chi connectivity index (χ1v) is 11.5. The van der Waals surface area contributed by atoms with E-state index in [1.54, 1.807) is 22.9 Å². The SMILES string of the molecule is Cc1cc(-c2ccc(-c3cccc(S(C)(=O)=O)c3)s2)n(CC(=O)OC(C)C)n1. The van der Waals surface area contributed by atoms with Gasteiger partial charge in [0, 0.05) is 11.1 Å². The van der Waals surface area contributed by atoms with E-state index in [1.165, 1.54) is 17.6 Å². The van der Waals surface area contributed by atoms with Gasteiger partial charge in [0.05, 0.1) is 27.3 Å². The molecule has 0 bridgehead atoms. The Morgan fingerprint density at radius 3 is 2.57 bits per heavy atom. The summed E-state index contributed by atoms with van der Waals surface area (Å²) in [5.74, 6) is -0.336. The third-order valence-corrected chi connectivity index (χ3v) is 6.22. The van der Waals surface area contributed by atoms with Crippen molar-refractivity contribution in [3.63, 3.8) is 0 Å². The lowest BCUT2D eigenvalue weighted by atomic mass is 10.2. The van der Waals surface area contributed by atoms with Gasteiger partial charge in [0.15, 0.2) is 9.84 Å². The highest BCUT2D eigenvalue weighted by atomic mass is 32.2. The van der Waals surface area contributed by atoms with E-state index in [4.69, 9.17) is 4.74 Å². The molecule has 28 heavy (non-hydrogen) atoms. The molecule has 0 unspecified atom stereocenters. The molecule has 0 aliphatic rings. The first-order chi connectivity index (χ1) is 13.1. The van der Waals surface area contributed by atoms with Gasteiger partial charge in [-0.05, 0) is 56.7 Å².